The maximum atomic E-state index is 12.8. The van der Waals surface area contributed by atoms with Crippen LogP contribution in [0.2, 0.25) is 0 Å². The Kier molecular flexibility index (Phi) is 5.84. The van der Waals surface area contributed by atoms with E-state index in [1.54, 1.807) is 0 Å². The number of para-hydroxylation sites is 2. The molecule has 0 radical (unpaired) electrons. The average Bonchev–Trinajstić information content (AvgIpc) is 3.39. The van der Waals surface area contributed by atoms with E-state index in [1.165, 1.54) is 11.1 Å². The van der Waals surface area contributed by atoms with E-state index < -0.39 is 0 Å². The Morgan fingerprint density at radius 2 is 1.62 bits per heavy atom. The number of aromatic nitrogens is 2. The molecule has 0 bridgehead atoms. The minimum absolute atomic E-state index is 0.121. The van der Waals surface area contributed by atoms with Crippen molar-refractivity contribution in [2.75, 3.05) is 13.1 Å². The van der Waals surface area contributed by atoms with Gasteiger partial charge in [-0.2, -0.15) is 0 Å². The maximum Gasteiger partial charge on any atom is 0.223 e. The van der Waals surface area contributed by atoms with Gasteiger partial charge in [0.05, 0.1) is 11.0 Å². The first-order valence-electron chi connectivity index (χ1n) is 11.3. The van der Waals surface area contributed by atoms with Crippen LogP contribution in [0.25, 0.3) is 17.1 Å². The molecule has 1 saturated heterocycles. The number of imidazole rings is 1. The van der Waals surface area contributed by atoms with Gasteiger partial charge in [-0.1, -0.05) is 84.9 Å². The molecule has 1 aliphatic rings. The number of carbonyl (C=O) groups is 1. The Morgan fingerprint density at radius 1 is 0.906 bits per heavy atom. The third-order valence-electron chi connectivity index (χ3n) is 6.17. The number of fused-ring (bicyclic) bond motifs is 1. The van der Waals surface area contributed by atoms with Gasteiger partial charge in [-0.05, 0) is 29.7 Å². The lowest BCUT2D eigenvalue weighted by Crippen LogP contribution is -2.27. The van der Waals surface area contributed by atoms with Gasteiger partial charge in [0.15, 0.2) is 0 Å². The van der Waals surface area contributed by atoms with Crippen molar-refractivity contribution in [1.82, 2.24) is 14.5 Å². The highest BCUT2D eigenvalue weighted by atomic mass is 16.2. The molecule has 1 atom stereocenters. The van der Waals surface area contributed by atoms with Crippen LogP contribution in [0.5, 0.6) is 0 Å². The third kappa shape index (κ3) is 4.35. The first kappa shape index (κ1) is 20.3. The van der Waals surface area contributed by atoms with Crippen molar-refractivity contribution >= 4 is 23.0 Å². The SMILES string of the molecule is O=C1CC(c2nc3ccccc3n2C/C=C/c2ccccc2)CN1CCc1ccccc1. The van der Waals surface area contributed by atoms with Crippen LogP contribution < -0.4 is 0 Å². The van der Waals surface area contributed by atoms with E-state index >= 15 is 0 Å². The van der Waals surface area contributed by atoms with E-state index in [1.807, 2.05) is 35.2 Å². The number of allylic oxidation sites excluding steroid dienone is 1. The van der Waals surface area contributed by atoms with Crippen molar-refractivity contribution in [2.45, 2.75) is 25.3 Å². The summed E-state index contributed by atoms with van der Waals surface area (Å²) in [5, 5.41) is 0. The molecule has 160 valence electrons. The number of amides is 1. The van der Waals surface area contributed by atoms with Crippen LogP contribution in [0.15, 0.2) is 91.0 Å². The lowest BCUT2D eigenvalue weighted by atomic mass is 10.1. The predicted octanol–water partition coefficient (Wildman–Crippen LogP) is 5.31. The van der Waals surface area contributed by atoms with Crippen LogP contribution in [0.1, 0.15) is 29.3 Å². The van der Waals surface area contributed by atoms with Gasteiger partial charge >= 0.3 is 0 Å². The fourth-order valence-corrected chi connectivity index (χ4v) is 4.53. The summed E-state index contributed by atoms with van der Waals surface area (Å²) >= 11 is 0. The Labute approximate surface area is 188 Å². The molecule has 4 heteroatoms. The molecule has 0 spiro atoms. The summed E-state index contributed by atoms with van der Waals surface area (Å²) in [5.74, 6) is 1.36. The molecule has 2 heterocycles. The quantitative estimate of drug-likeness (QED) is 0.406. The molecule has 3 aromatic carbocycles. The molecule has 1 unspecified atom stereocenters. The standard InChI is InChI=1S/C28H27N3O/c32-27-20-24(21-30(27)19-17-23-12-5-2-6-13-23)28-29-25-15-7-8-16-26(25)31(28)18-9-14-22-10-3-1-4-11-22/h1-16,24H,17-21H2/b14-9+. The number of benzene rings is 3. The second-order valence-corrected chi connectivity index (χ2v) is 8.36. The van der Waals surface area contributed by atoms with E-state index in [9.17, 15) is 4.79 Å². The molecular weight excluding hydrogens is 394 g/mol. The predicted molar refractivity (Wildman–Crippen MR) is 129 cm³/mol. The number of carbonyl (C=O) groups excluding carboxylic acids is 1. The summed E-state index contributed by atoms with van der Waals surface area (Å²) in [6.07, 6.45) is 5.73. The molecule has 4 aromatic rings. The van der Waals surface area contributed by atoms with Gasteiger partial charge in [0.25, 0.3) is 0 Å². The van der Waals surface area contributed by atoms with Gasteiger partial charge < -0.3 is 9.47 Å². The lowest BCUT2D eigenvalue weighted by molar-refractivity contribution is -0.127. The summed E-state index contributed by atoms with van der Waals surface area (Å²) in [4.78, 5) is 19.7. The molecular formula is C28H27N3O. The van der Waals surface area contributed by atoms with Gasteiger partial charge in [-0.15, -0.1) is 0 Å². The molecule has 1 aromatic heterocycles. The van der Waals surface area contributed by atoms with Gasteiger partial charge in [0, 0.05) is 32.0 Å². The smallest absolute Gasteiger partial charge is 0.223 e. The molecule has 0 aliphatic carbocycles. The molecule has 32 heavy (non-hydrogen) atoms. The average molecular weight is 422 g/mol. The highest BCUT2D eigenvalue weighted by molar-refractivity contribution is 5.81. The topological polar surface area (TPSA) is 38.1 Å². The Hall–Kier alpha value is -3.66. The Balaban J connectivity index is 1.36. The minimum Gasteiger partial charge on any atom is -0.342 e. The Morgan fingerprint density at radius 3 is 2.44 bits per heavy atom. The molecule has 1 amide bonds. The van der Waals surface area contributed by atoms with Gasteiger partial charge in [0.1, 0.15) is 5.82 Å². The van der Waals surface area contributed by atoms with Crippen LogP contribution in [-0.4, -0.2) is 33.4 Å². The van der Waals surface area contributed by atoms with Gasteiger partial charge in [-0.3, -0.25) is 4.79 Å². The van der Waals surface area contributed by atoms with Crippen LogP contribution in [-0.2, 0) is 17.8 Å². The second kappa shape index (κ2) is 9.23. The fraction of sp³-hybridized carbons (Fsp3) is 0.214. The second-order valence-electron chi connectivity index (χ2n) is 8.36. The van der Waals surface area contributed by atoms with E-state index in [-0.39, 0.29) is 11.8 Å². The van der Waals surface area contributed by atoms with E-state index in [0.29, 0.717) is 6.42 Å². The van der Waals surface area contributed by atoms with Crippen LogP contribution >= 0.6 is 0 Å². The van der Waals surface area contributed by atoms with Crippen LogP contribution in [0.4, 0.5) is 0 Å². The summed E-state index contributed by atoms with van der Waals surface area (Å²) in [5.41, 5.74) is 4.56. The van der Waals surface area contributed by atoms with E-state index in [2.05, 4.69) is 71.3 Å². The summed E-state index contributed by atoms with van der Waals surface area (Å²) < 4.78 is 2.27. The van der Waals surface area contributed by atoms with Crippen molar-refractivity contribution in [3.05, 3.63) is 108 Å². The molecule has 4 nitrogen and oxygen atoms in total. The first-order chi connectivity index (χ1) is 15.8. The number of hydrogen-bond acceptors (Lipinski definition) is 2. The summed E-state index contributed by atoms with van der Waals surface area (Å²) in [7, 11) is 0. The molecule has 1 fully saturated rings. The van der Waals surface area contributed by atoms with Crippen molar-refractivity contribution in [1.29, 1.82) is 0 Å². The number of rotatable bonds is 7. The highest BCUT2D eigenvalue weighted by Crippen LogP contribution is 2.30. The zero-order valence-electron chi connectivity index (χ0n) is 18.1. The van der Waals surface area contributed by atoms with Gasteiger partial charge in [0.2, 0.25) is 5.91 Å². The lowest BCUT2D eigenvalue weighted by Gasteiger charge is -2.17. The van der Waals surface area contributed by atoms with Crippen LogP contribution in [0.3, 0.4) is 0 Å². The number of nitrogens with zero attached hydrogens (tertiary/aromatic N) is 3. The monoisotopic (exact) mass is 421 g/mol. The number of hydrogen-bond donors (Lipinski definition) is 0. The minimum atomic E-state index is 0.121. The zero-order valence-corrected chi connectivity index (χ0v) is 18.1. The first-order valence-corrected chi connectivity index (χ1v) is 11.3. The van der Waals surface area contributed by atoms with Crippen molar-refractivity contribution in [3.63, 3.8) is 0 Å². The van der Waals surface area contributed by atoms with Gasteiger partial charge in [-0.25, -0.2) is 4.98 Å². The third-order valence-corrected chi connectivity index (χ3v) is 6.17. The van der Waals surface area contributed by atoms with Crippen molar-refractivity contribution in [2.24, 2.45) is 0 Å². The summed E-state index contributed by atoms with van der Waals surface area (Å²) in [6, 6.07) is 28.9. The number of likely N-dealkylation sites (tertiary alicyclic amines) is 1. The molecule has 0 N–H and O–H groups in total. The van der Waals surface area contributed by atoms with Crippen molar-refractivity contribution < 1.29 is 4.79 Å². The zero-order chi connectivity index (χ0) is 21.8. The Bertz CT molecular complexity index is 1230. The summed E-state index contributed by atoms with van der Waals surface area (Å²) in [6.45, 7) is 2.23. The maximum absolute atomic E-state index is 12.8. The molecule has 0 saturated carbocycles. The van der Waals surface area contributed by atoms with Crippen LogP contribution in [0, 0.1) is 0 Å². The fourth-order valence-electron chi connectivity index (χ4n) is 4.53. The van der Waals surface area contributed by atoms with Crippen molar-refractivity contribution in [3.8, 4) is 0 Å². The molecule has 1 aliphatic heterocycles. The van der Waals surface area contributed by atoms with E-state index in [4.69, 9.17) is 4.98 Å². The highest BCUT2D eigenvalue weighted by Gasteiger charge is 2.33. The largest absolute Gasteiger partial charge is 0.342 e. The van der Waals surface area contributed by atoms with E-state index in [0.717, 1.165) is 42.9 Å². The normalized spacial score (nSPS) is 16.4. The molecule has 5 rings (SSSR count).